The van der Waals surface area contributed by atoms with Crippen LogP contribution in [0.2, 0.25) is 0 Å². The van der Waals surface area contributed by atoms with Gasteiger partial charge in [-0.2, -0.15) is 0 Å². The van der Waals surface area contributed by atoms with Gasteiger partial charge in [0.05, 0.1) is 18.3 Å². The molecule has 2 heterocycles. The Morgan fingerprint density at radius 1 is 1.13 bits per heavy atom. The summed E-state index contributed by atoms with van der Waals surface area (Å²) in [6.07, 6.45) is 1.50. The molecule has 3 fully saturated rings. The molecule has 4 aliphatic rings. The highest BCUT2D eigenvalue weighted by Gasteiger charge is 2.62. The third-order valence-corrected chi connectivity index (χ3v) is 11.1. The number of nitrogens with zero attached hydrogens (tertiary/aromatic N) is 2. The fraction of sp³-hybridized carbons (Fsp3) is 0.543. The molecule has 5 rings (SSSR count). The molecule has 0 bridgehead atoms. The largest absolute Gasteiger partial charge is 0.460 e. The van der Waals surface area contributed by atoms with Gasteiger partial charge < -0.3 is 29.7 Å². The van der Waals surface area contributed by atoms with Crippen LogP contribution in [-0.4, -0.2) is 102 Å². The molecule has 16 nitrogen and oxygen atoms in total. The van der Waals surface area contributed by atoms with E-state index < -0.39 is 98.8 Å². The van der Waals surface area contributed by atoms with Crippen molar-refractivity contribution in [2.75, 3.05) is 13.2 Å². The van der Waals surface area contributed by atoms with Crippen LogP contribution in [0.15, 0.2) is 43.0 Å². The Kier molecular flexibility index (Phi) is 11.2. The minimum Gasteiger partial charge on any atom is -0.460 e. The summed E-state index contributed by atoms with van der Waals surface area (Å²) in [7, 11) is -3.98. The van der Waals surface area contributed by atoms with Crippen molar-refractivity contribution < 1.29 is 55.8 Å². The van der Waals surface area contributed by atoms with Gasteiger partial charge in [0.2, 0.25) is 21.8 Å². The van der Waals surface area contributed by atoms with Crippen LogP contribution in [0.1, 0.15) is 64.5 Å². The predicted molar refractivity (Wildman–Crippen MR) is 184 cm³/mol. The van der Waals surface area contributed by atoms with Gasteiger partial charge >= 0.3 is 18.2 Å². The van der Waals surface area contributed by atoms with E-state index in [9.17, 15) is 41.6 Å². The lowest BCUT2D eigenvalue weighted by atomic mass is 10.1. The van der Waals surface area contributed by atoms with E-state index in [-0.39, 0.29) is 32.5 Å². The van der Waals surface area contributed by atoms with Gasteiger partial charge in [0.15, 0.2) is 0 Å². The Labute approximate surface area is 306 Å². The Balaban J connectivity index is 1.39. The number of sulfonamides is 1. The molecule has 1 aromatic rings. The number of benzene rings is 1. The van der Waals surface area contributed by atoms with Gasteiger partial charge in [-0.3, -0.25) is 24.0 Å². The molecule has 0 radical (unpaired) electrons. The number of halogens is 1. The fourth-order valence-corrected chi connectivity index (χ4v) is 7.66. The van der Waals surface area contributed by atoms with Crippen molar-refractivity contribution in [3.05, 3.63) is 60.0 Å². The zero-order valence-corrected chi connectivity index (χ0v) is 30.7. The summed E-state index contributed by atoms with van der Waals surface area (Å²) in [5.41, 5.74) is -1.73. The average molecular weight is 762 g/mol. The zero-order valence-electron chi connectivity index (χ0n) is 29.9. The number of allylic oxidation sites excluding steroid dienone is 1. The van der Waals surface area contributed by atoms with Gasteiger partial charge in [0.1, 0.15) is 41.8 Å². The van der Waals surface area contributed by atoms with E-state index in [0.717, 1.165) is 11.0 Å². The monoisotopic (exact) mass is 761 g/mol. The highest BCUT2D eigenvalue weighted by atomic mass is 32.2. The van der Waals surface area contributed by atoms with E-state index in [4.69, 9.17) is 14.2 Å². The van der Waals surface area contributed by atoms with Crippen molar-refractivity contribution in [3.63, 3.8) is 0 Å². The first kappa shape index (κ1) is 39.2. The molecule has 53 heavy (non-hydrogen) atoms. The molecule has 5 amide bonds. The number of likely N-dealkylation sites (tertiary alicyclic amines) is 1. The van der Waals surface area contributed by atoms with E-state index in [1.54, 1.807) is 33.8 Å². The molecule has 2 saturated carbocycles. The number of fused-ring (bicyclic) bond motifs is 1. The van der Waals surface area contributed by atoms with Crippen molar-refractivity contribution in [3.8, 4) is 0 Å². The summed E-state index contributed by atoms with van der Waals surface area (Å²) >= 11 is 0. The minimum absolute atomic E-state index is 0.0309. The summed E-state index contributed by atoms with van der Waals surface area (Å²) < 4.78 is 57.9. The van der Waals surface area contributed by atoms with Crippen molar-refractivity contribution in [1.82, 2.24) is 25.2 Å². The summed E-state index contributed by atoms with van der Waals surface area (Å²) in [5, 5.41) is 4.29. The van der Waals surface area contributed by atoms with Gasteiger partial charge in [0, 0.05) is 30.5 Å². The first-order valence-corrected chi connectivity index (χ1v) is 18.7. The van der Waals surface area contributed by atoms with Crippen LogP contribution in [0, 0.1) is 11.7 Å². The lowest BCUT2D eigenvalue weighted by Gasteiger charge is -2.30. The van der Waals surface area contributed by atoms with Gasteiger partial charge in [-0.1, -0.05) is 24.3 Å². The molecule has 1 aromatic carbocycles. The first-order valence-electron chi connectivity index (χ1n) is 17.2. The maximum atomic E-state index is 14.4. The number of alkyl carbamates (subject to hydrolysis) is 1. The molecule has 288 valence electrons. The second kappa shape index (κ2) is 15.2. The van der Waals surface area contributed by atoms with Crippen molar-refractivity contribution >= 4 is 45.9 Å². The number of rotatable bonds is 12. The third-order valence-electron chi connectivity index (χ3n) is 9.23. The van der Waals surface area contributed by atoms with Gasteiger partial charge in [-0.05, 0) is 58.6 Å². The summed E-state index contributed by atoms with van der Waals surface area (Å²) in [5.74, 6) is -4.68. The molecular weight excluding hydrogens is 717 g/mol. The van der Waals surface area contributed by atoms with Gasteiger partial charge in [0.25, 0.3) is 5.91 Å². The zero-order chi connectivity index (χ0) is 38.9. The highest BCUT2D eigenvalue weighted by Crippen LogP contribution is 2.45. The van der Waals surface area contributed by atoms with E-state index in [2.05, 4.69) is 21.9 Å². The van der Waals surface area contributed by atoms with E-state index in [1.807, 2.05) is 0 Å². The second-order valence-electron chi connectivity index (χ2n) is 14.5. The summed E-state index contributed by atoms with van der Waals surface area (Å²) in [4.78, 5) is 82.3. The lowest BCUT2D eigenvalue weighted by Crippen LogP contribution is -2.59. The topological polar surface area (TPSA) is 207 Å². The number of esters is 1. The first-order chi connectivity index (χ1) is 24.9. The molecule has 0 aromatic heterocycles. The Bertz CT molecular complexity index is 1830. The summed E-state index contributed by atoms with van der Waals surface area (Å²) in [6, 6.07) is 1.48. The quantitative estimate of drug-likeness (QED) is 0.121. The normalized spacial score (nSPS) is 24.1. The Morgan fingerprint density at radius 3 is 2.45 bits per heavy atom. The van der Waals surface area contributed by atoms with Crippen molar-refractivity contribution in [2.45, 2.75) is 101 Å². The van der Waals surface area contributed by atoms with E-state index >= 15 is 0 Å². The van der Waals surface area contributed by atoms with Gasteiger partial charge in [-0.25, -0.2) is 27.2 Å². The van der Waals surface area contributed by atoms with E-state index in [1.165, 1.54) is 29.2 Å². The standard InChI is InChI=1S/C35H44FN5O11S/c1-6-9-28(42)50-19-26(37-32(46)52-34(3,4)5)30(44)41-17-22(51-33(47)40-16-20-10-8-11-25(36)24(20)18-40)14-27(41)29(43)38-35(15-21(35)7-2)31(45)39-53(48,49)23-12-13-23/h6-11,21-23,26-27H,2,12-19H2,1,3-5H3,(H,37,46)(H,38,43)(H,39,45)/b9-6+/t21-,22?,26+,27+,35-/m1/s1. The molecule has 2 aliphatic heterocycles. The molecule has 1 saturated heterocycles. The van der Waals surface area contributed by atoms with Crippen LogP contribution in [0.3, 0.4) is 0 Å². The maximum Gasteiger partial charge on any atom is 0.410 e. The van der Waals surface area contributed by atoms with Crippen LogP contribution in [-0.2, 0) is 56.5 Å². The van der Waals surface area contributed by atoms with E-state index in [0.29, 0.717) is 24.0 Å². The molecule has 18 heteroatoms. The number of hydrogen-bond donors (Lipinski definition) is 3. The number of amides is 5. The smallest absolute Gasteiger partial charge is 0.410 e. The number of nitrogens with one attached hydrogen (secondary N) is 3. The molecule has 0 spiro atoms. The molecule has 5 atom stereocenters. The van der Waals surface area contributed by atoms with Crippen LogP contribution >= 0.6 is 0 Å². The lowest BCUT2D eigenvalue weighted by molar-refractivity contribution is -0.145. The van der Waals surface area contributed by atoms with Crippen LogP contribution in [0.5, 0.6) is 0 Å². The second-order valence-corrected chi connectivity index (χ2v) is 16.5. The molecule has 3 N–H and O–H groups in total. The molecule has 1 unspecified atom stereocenters. The number of carbonyl (C=O) groups excluding carboxylic acids is 6. The summed E-state index contributed by atoms with van der Waals surface area (Å²) in [6.45, 7) is 9.01. The minimum atomic E-state index is -3.98. The average Bonchev–Trinajstić information content (AvgIpc) is 3.96. The Hall–Kier alpha value is -5.00. The van der Waals surface area contributed by atoms with Crippen LogP contribution in [0.25, 0.3) is 0 Å². The van der Waals surface area contributed by atoms with Crippen LogP contribution in [0.4, 0.5) is 14.0 Å². The van der Waals surface area contributed by atoms with Crippen LogP contribution < -0.4 is 15.4 Å². The number of ether oxygens (including phenoxy) is 3. The SMILES string of the molecule is C=C[C@@H]1C[C@]1(NC(=O)[C@@H]1CC(OC(=O)N2Cc3cccc(F)c3C2)CN1C(=O)[C@H](COC(=O)/C=C/C)NC(=O)OC(C)(C)C)C(=O)NS(=O)(=O)C1CC1. The third kappa shape index (κ3) is 9.15. The van der Waals surface area contributed by atoms with Gasteiger partial charge in [-0.15, -0.1) is 6.58 Å². The molecular formula is C35H44FN5O11S. The van der Waals surface area contributed by atoms with Crippen molar-refractivity contribution in [1.29, 1.82) is 0 Å². The maximum absolute atomic E-state index is 14.4. The number of hydrogen-bond acceptors (Lipinski definition) is 11. The number of carbonyl (C=O) groups is 6. The predicted octanol–water partition coefficient (Wildman–Crippen LogP) is 1.93. The highest BCUT2D eigenvalue weighted by molar-refractivity contribution is 7.91. The fourth-order valence-electron chi connectivity index (χ4n) is 6.30. The Morgan fingerprint density at radius 2 is 1.85 bits per heavy atom. The van der Waals surface area contributed by atoms with Crippen molar-refractivity contribution in [2.24, 2.45) is 5.92 Å². The molecule has 2 aliphatic carbocycles.